The second kappa shape index (κ2) is 9.53. The van der Waals surface area contributed by atoms with E-state index in [1.807, 2.05) is 18.2 Å². The molecule has 1 amide bonds. The number of hydrogen-bond donors (Lipinski definition) is 2. The van der Waals surface area contributed by atoms with Gasteiger partial charge in [0.25, 0.3) is 0 Å². The van der Waals surface area contributed by atoms with Crippen LogP contribution in [0.5, 0.6) is 17.2 Å². The third kappa shape index (κ3) is 5.55. The van der Waals surface area contributed by atoms with Gasteiger partial charge >= 0.3 is 0 Å². The number of carbonyl (C=O) groups is 1. The van der Waals surface area contributed by atoms with E-state index in [-0.39, 0.29) is 12.5 Å². The molecule has 144 valence electrons. The molecule has 2 N–H and O–H groups in total. The Morgan fingerprint density at radius 2 is 1.93 bits per heavy atom. The Morgan fingerprint density at radius 3 is 2.67 bits per heavy atom. The van der Waals surface area contributed by atoms with Crippen LogP contribution in [0.15, 0.2) is 47.4 Å². The topological polar surface area (TPSA) is 77.0 Å². The van der Waals surface area contributed by atoms with E-state index in [0.29, 0.717) is 25.4 Å². The quantitative estimate of drug-likeness (QED) is 0.676. The van der Waals surface area contributed by atoms with Crippen LogP contribution in [0.3, 0.4) is 0 Å². The Balaban J connectivity index is 1.39. The molecule has 2 aromatic rings. The molecular formula is C20H23NO5S. The fourth-order valence-electron chi connectivity index (χ4n) is 2.62. The summed E-state index contributed by atoms with van der Waals surface area (Å²) in [4.78, 5) is 13.0. The highest BCUT2D eigenvalue weighted by Gasteiger charge is 2.13. The molecule has 1 atom stereocenters. The number of thioether (sulfide) groups is 1. The lowest BCUT2D eigenvalue weighted by Crippen LogP contribution is -2.28. The van der Waals surface area contributed by atoms with Gasteiger partial charge in [0.15, 0.2) is 11.5 Å². The predicted molar refractivity (Wildman–Crippen MR) is 104 cm³/mol. The molecule has 0 aromatic heterocycles. The first-order valence-electron chi connectivity index (χ1n) is 8.77. The fraction of sp³-hybridized carbons (Fsp3) is 0.350. The summed E-state index contributed by atoms with van der Waals surface area (Å²) >= 11 is 1.58. The van der Waals surface area contributed by atoms with E-state index >= 15 is 0 Å². The first-order valence-corrected chi connectivity index (χ1v) is 9.75. The number of aliphatic hydroxyl groups is 1. The average Bonchev–Trinajstić information content (AvgIpc) is 2.72. The van der Waals surface area contributed by atoms with Crippen molar-refractivity contribution in [1.29, 1.82) is 0 Å². The highest BCUT2D eigenvalue weighted by atomic mass is 32.2. The van der Waals surface area contributed by atoms with Crippen LogP contribution in [0.1, 0.15) is 18.1 Å². The van der Waals surface area contributed by atoms with Crippen molar-refractivity contribution in [1.82, 2.24) is 5.32 Å². The Hall–Kier alpha value is -2.38. The molecule has 3 rings (SSSR count). The van der Waals surface area contributed by atoms with Gasteiger partial charge in [-0.25, -0.2) is 0 Å². The summed E-state index contributed by atoms with van der Waals surface area (Å²) in [5.74, 6) is 2.79. The van der Waals surface area contributed by atoms with Gasteiger partial charge in [0.05, 0.1) is 13.2 Å². The molecule has 1 heterocycles. The summed E-state index contributed by atoms with van der Waals surface area (Å²) in [6, 6.07) is 12.9. The molecule has 0 saturated heterocycles. The minimum Gasteiger partial charge on any atom is -0.497 e. The van der Waals surface area contributed by atoms with Gasteiger partial charge in [-0.05, 0) is 35.9 Å². The maximum Gasteiger partial charge on any atom is 0.220 e. The highest BCUT2D eigenvalue weighted by Crippen LogP contribution is 2.34. The molecule has 7 heteroatoms. The van der Waals surface area contributed by atoms with Crippen LogP contribution < -0.4 is 19.5 Å². The van der Waals surface area contributed by atoms with Crippen LogP contribution in [-0.2, 0) is 4.79 Å². The molecule has 2 aromatic carbocycles. The number of rotatable bonds is 8. The van der Waals surface area contributed by atoms with E-state index in [4.69, 9.17) is 14.2 Å². The van der Waals surface area contributed by atoms with E-state index in [1.54, 1.807) is 43.1 Å². The molecule has 27 heavy (non-hydrogen) atoms. The van der Waals surface area contributed by atoms with Gasteiger partial charge in [-0.15, -0.1) is 11.8 Å². The van der Waals surface area contributed by atoms with E-state index in [1.165, 1.54) is 0 Å². The van der Waals surface area contributed by atoms with Crippen molar-refractivity contribution in [3.63, 3.8) is 0 Å². The number of aliphatic hydroxyl groups excluding tert-OH is 1. The molecule has 6 nitrogen and oxygen atoms in total. The number of ether oxygens (including phenoxy) is 3. The van der Waals surface area contributed by atoms with Gasteiger partial charge in [0, 0.05) is 23.6 Å². The minimum absolute atomic E-state index is 0.0902. The zero-order valence-electron chi connectivity index (χ0n) is 15.1. The summed E-state index contributed by atoms with van der Waals surface area (Å²) in [7, 11) is 1.59. The summed E-state index contributed by atoms with van der Waals surface area (Å²) in [6.45, 7) is 1.31. The predicted octanol–water partition coefficient (Wildman–Crippen LogP) is 2.80. The normalized spacial score (nSPS) is 13.7. The Morgan fingerprint density at radius 1 is 1.19 bits per heavy atom. The number of amides is 1. The van der Waals surface area contributed by atoms with Crippen molar-refractivity contribution in [2.75, 3.05) is 32.6 Å². The van der Waals surface area contributed by atoms with Crippen LogP contribution >= 0.6 is 11.8 Å². The largest absolute Gasteiger partial charge is 0.497 e. The number of fused-ring (bicyclic) bond motifs is 1. The lowest BCUT2D eigenvalue weighted by atomic mass is 10.1. The SMILES string of the molecule is COc1ccc([C@@H](O)CNC(=O)CCSc2ccc3c(c2)OCCO3)cc1. The molecule has 0 unspecified atom stereocenters. The van der Waals surface area contributed by atoms with Crippen molar-refractivity contribution in [2.45, 2.75) is 17.4 Å². The number of carbonyl (C=O) groups excluding carboxylic acids is 1. The van der Waals surface area contributed by atoms with Gasteiger partial charge in [0.2, 0.25) is 5.91 Å². The van der Waals surface area contributed by atoms with Crippen molar-refractivity contribution in [3.05, 3.63) is 48.0 Å². The molecular weight excluding hydrogens is 366 g/mol. The Bertz CT molecular complexity index is 765. The van der Waals surface area contributed by atoms with Gasteiger partial charge in [-0.2, -0.15) is 0 Å². The van der Waals surface area contributed by atoms with Gasteiger partial charge < -0.3 is 24.6 Å². The fourth-order valence-corrected chi connectivity index (χ4v) is 3.50. The lowest BCUT2D eigenvalue weighted by molar-refractivity contribution is -0.121. The molecule has 0 fully saturated rings. The third-order valence-corrected chi connectivity index (χ3v) is 5.10. The van der Waals surface area contributed by atoms with Crippen LogP contribution in [0.25, 0.3) is 0 Å². The summed E-state index contributed by atoms with van der Waals surface area (Å²) < 4.78 is 16.1. The summed E-state index contributed by atoms with van der Waals surface area (Å²) in [5, 5.41) is 12.9. The third-order valence-electron chi connectivity index (χ3n) is 4.10. The molecule has 0 radical (unpaired) electrons. The monoisotopic (exact) mass is 389 g/mol. The molecule has 0 bridgehead atoms. The first kappa shape index (κ1) is 19.4. The lowest BCUT2D eigenvalue weighted by Gasteiger charge is -2.18. The smallest absolute Gasteiger partial charge is 0.220 e. The zero-order chi connectivity index (χ0) is 19.1. The van der Waals surface area contributed by atoms with Crippen molar-refractivity contribution in [2.24, 2.45) is 0 Å². The van der Waals surface area contributed by atoms with Crippen molar-refractivity contribution >= 4 is 17.7 Å². The van der Waals surface area contributed by atoms with Crippen LogP contribution in [0, 0.1) is 0 Å². The van der Waals surface area contributed by atoms with E-state index in [9.17, 15) is 9.90 Å². The highest BCUT2D eigenvalue weighted by molar-refractivity contribution is 7.99. The van der Waals surface area contributed by atoms with E-state index in [2.05, 4.69) is 5.32 Å². The number of nitrogens with one attached hydrogen (secondary N) is 1. The van der Waals surface area contributed by atoms with Crippen LogP contribution in [0.4, 0.5) is 0 Å². The maximum atomic E-state index is 12.0. The summed E-state index contributed by atoms with van der Waals surface area (Å²) in [6.07, 6.45) is -0.376. The number of methoxy groups -OCH3 is 1. The second-order valence-electron chi connectivity index (χ2n) is 6.00. The van der Waals surface area contributed by atoms with E-state index < -0.39 is 6.10 Å². The maximum absolute atomic E-state index is 12.0. The Kier molecular flexibility index (Phi) is 6.84. The summed E-state index contributed by atoms with van der Waals surface area (Å²) in [5.41, 5.74) is 0.738. The molecule has 0 saturated carbocycles. The Labute approximate surface area is 162 Å². The second-order valence-corrected chi connectivity index (χ2v) is 7.17. The van der Waals surface area contributed by atoms with Crippen molar-refractivity contribution < 1.29 is 24.1 Å². The zero-order valence-corrected chi connectivity index (χ0v) is 16.0. The van der Waals surface area contributed by atoms with Crippen LogP contribution in [0.2, 0.25) is 0 Å². The molecule has 0 aliphatic carbocycles. The van der Waals surface area contributed by atoms with Gasteiger partial charge in [-0.1, -0.05) is 12.1 Å². The van der Waals surface area contributed by atoms with E-state index in [0.717, 1.165) is 27.7 Å². The van der Waals surface area contributed by atoms with Gasteiger partial charge in [-0.3, -0.25) is 4.79 Å². The molecule has 1 aliphatic rings. The van der Waals surface area contributed by atoms with Crippen LogP contribution in [-0.4, -0.2) is 43.6 Å². The van der Waals surface area contributed by atoms with Crippen molar-refractivity contribution in [3.8, 4) is 17.2 Å². The van der Waals surface area contributed by atoms with Gasteiger partial charge in [0.1, 0.15) is 19.0 Å². The minimum atomic E-state index is -0.745. The average molecular weight is 389 g/mol. The number of hydrogen-bond acceptors (Lipinski definition) is 6. The molecule has 0 spiro atoms. The standard InChI is InChI=1S/C20H23NO5S/c1-24-15-4-2-14(3-5-15)17(22)13-21-20(23)8-11-27-16-6-7-18-19(12-16)26-10-9-25-18/h2-7,12,17,22H,8-11,13H2,1H3,(H,21,23)/t17-/m0/s1. The first-order chi connectivity index (χ1) is 13.2. The molecule has 1 aliphatic heterocycles. The number of benzene rings is 2.